The summed E-state index contributed by atoms with van der Waals surface area (Å²) in [5.41, 5.74) is 2.64. The molecule has 0 saturated carbocycles. The Morgan fingerprint density at radius 3 is 2.43 bits per heavy atom. The highest BCUT2D eigenvalue weighted by atomic mass is 35.5. The molecule has 0 radical (unpaired) electrons. The Balaban J connectivity index is 3.47. The molecule has 14 heavy (non-hydrogen) atoms. The van der Waals surface area contributed by atoms with Crippen LogP contribution in [0.3, 0.4) is 0 Å². The minimum Gasteiger partial charge on any atom is -0.496 e. The number of aryl methyl sites for hydroxylation is 1. The van der Waals surface area contributed by atoms with Gasteiger partial charge in [0.05, 0.1) is 13.2 Å². The molecule has 1 unspecified atom stereocenters. The number of rotatable bonds is 2. The van der Waals surface area contributed by atoms with E-state index in [2.05, 4.69) is 0 Å². The Labute approximate surface area is 89.5 Å². The van der Waals surface area contributed by atoms with Gasteiger partial charge in [-0.3, -0.25) is 0 Å². The van der Waals surface area contributed by atoms with Crippen molar-refractivity contribution in [3.05, 3.63) is 27.8 Å². The zero-order chi connectivity index (χ0) is 10.9. The second-order valence-corrected chi connectivity index (χ2v) is 3.83. The maximum absolute atomic E-state index is 9.61. The van der Waals surface area contributed by atoms with Gasteiger partial charge in [-0.25, -0.2) is 0 Å². The van der Waals surface area contributed by atoms with Gasteiger partial charge >= 0.3 is 0 Å². The monoisotopic (exact) mass is 214 g/mol. The average Bonchev–Trinajstić information content (AvgIpc) is 2.09. The summed E-state index contributed by atoms with van der Waals surface area (Å²) in [5, 5.41) is 10.3. The lowest BCUT2D eigenvalue weighted by Gasteiger charge is -2.17. The molecule has 2 nitrogen and oxygen atoms in total. The van der Waals surface area contributed by atoms with E-state index < -0.39 is 6.10 Å². The first-order valence-electron chi connectivity index (χ1n) is 4.50. The molecule has 1 aromatic carbocycles. The Bertz CT molecular complexity index is 346. The Hall–Kier alpha value is -0.730. The number of aliphatic hydroxyl groups excluding tert-OH is 1. The third kappa shape index (κ3) is 1.86. The molecule has 0 heterocycles. The van der Waals surface area contributed by atoms with Gasteiger partial charge < -0.3 is 9.84 Å². The van der Waals surface area contributed by atoms with Crippen LogP contribution >= 0.6 is 11.6 Å². The van der Waals surface area contributed by atoms with Gasteiger partial charge in [-0.05, 0) is 32.4 Å². The molecular weight excluding hydrogens is 200 g/mol. The lowest BCUT2D eigenvalue weighted by atomic mass is 10.00. The van der Waals surface area contributed by atoms with Crippen LogP contribution in [0, 0.1) is 13.8 Å². The minimum atomic E-state index is -0.541. The van der Waals surface area contributed by atoms with Crippen molar-refractivity contribution in [3.8, 4) is 5.75 Å². The third-order valence-corrected chi connectivity index (χ3v) is 2.73. The van der Waals surface area contributed by atoms with Gasteiger partial charge in [0.2, 0.25) is 0 Å². The van der Waals surface area contributed by atoms with E-state index in [9.17, 15) is 5.11 Å². The molecular formula is C11H15ClO2. The van der Waals surface area contributed by atoms with E-state index in [0.717, 1.165) is 16.7 Å². The fourth-order valence-electron chi connectivity index (χ4n) is 1.65. The van der Waals surface area contributed by atoms with Crippen LogP contribution in [-0.4, -0.2) is 12.2 Å². The quantitative estimate of drug-likeness (QED) is 0.820. The Morgan fingerprint density at radius 1 is 1.43 bits per heavy atom. The van der Waals surface area contributed by atoms with Crippen molar-refractivity contribution in [1.82, 2.24) is 0 Å². The van der Waals surface area contributed by atoms with Crippen molar-refractivity contribution in [1.29, 1.82) is 0 Å². The normalized spacial score (nSPS) is 12.7. The molecule has 3 heteroatoms. The molecule has 0 aromatic heterocycles. The second-order valence-electron chi connectivity index (χ2n) is 3.42. The van der Waals surface area contributed by atoms with Gasteiger partial charge in [0, 0.05) is 16.1 Å². The predicted molar refractivity (Wildman–Crippen MR) is 58.1 cm³/mol. The summed E-state index contributed by atoms with van der Waals surface area (Å²) in [7, 11) is 1.59. The first kappa shape index (κ1) is 11.3. The molecule has 1 aromatic rings. The Kier molecular flexibility index (Phi) is 3.40. The van der Waals surface area contributed by atoms with E-state index in [-0.39, 0.29) is 0 Å². The molecule has 0 aliphatic rings. The van der Waals surface area contributed by atoms with Gasteiger partial charge in [0.15, 0.2) is 0 Å². The number of halogens is 1. The molecule has 0 spiro atoms. The van der Waals surface area contributed by atoms with Crippen LogP contribution in [-0.2, 0) is 0 Å². The van der Waals surface area contributed by atoms with Crippen LogP contribution in [0.2, 0.25) is 5.02 Å². The number of methoxy groups -OCH3 is 1. The van der Waals surface area contributed by atoms with Crippen LogP contribution in [0.15, 0.2) is 6.07 Å². The molecule has 78 valence electrons. The van der Waals surface area contributed by atoms with Gasteiger partial charge in [-0.1, -0.05) is 11.6 Å². The molecule has 0 saturated heterocycles. The number of benzene rings is 1. The topological polar surface area (TPSA) is 29.5 Å². The SMILES string of the molecule is COc1c(C)c(Cl)cc(C)c1C(C)O. The van der Waals surface area contributed by atoms with Crippen molar-refractivity contribution in [2.45, 2.75) is 26.9 Å². The van der Waals surface area contributed by atoms with Crippen LogP contribution in [0.5, 0.6) is 5.75 Å². The molecule has 1 N–H and O–H groups in total. The predicted octanol–water partition coefficient (Wildman–Crippen LogP) is 3.02. The van der Waals surface area contributed by atoms with E-state index in [1.165, 1.54) is 0 Å². The van der Waals surface area contributed by atoms with Gasteiger partial charge in [0.1, 0.15) is 5.75 Å². The standard InChI is InChI=1S/C11H15ClO2/c1-6-5-9(12)7(2)11(14-4)10(6)8(3)13/h5,8,13H,1-4H3. The average molecular weight is 215 g/mol. The number of aliphatic hydroxyl groups is 1. The number of hydrogen-bond acceptors (Lipinski definition) is 2. The third-order valence-electron chi connectivity index (χ3n) is 2.33. The Morgan fingerprint density at radius 2 is 2.00 bits per heavy atom. The van der Waals surface area contributed by atoms with Gasteiger partial charge in [0.25, 0.3) is 0 Å². The smallest absolute Gasteiger partial charge is 0.129 e. The molecule has 0 fully saturated rings. The van der Waals surface area contributed by atoms with E-state index in [0.29, 0.717) is 10.8 Å². The number of ether oxygens (including phenoxy) is 1. The highest BCUT2D eigenvalue weighted by Crippen LogP contribution is 2.35. The molecule has 1 atom stereocenters. The summed E-state index contributed by atoms with van der Waals surface area (Å²) in [6.45, 7) is 5.51. The van der Waals surface area contributed by atoms with Gasteiger partial charge in [-0.15, -0.1) is 0 Å². The van der Waals surface area contributed by atoms with Crippen LogP contribution in [0.1, 0.15) is 29.7 Å². The second kappa shape index (κ2) is 4.20. The van der Waals surface area contributed by atoms with Crippen molar-refractivity contribution in [3.63, 3.8) is 0 Å². The molecule has 0 bridgehead atoms. The highest BCUT2D eigenvalue weighted by Gasteiger charge is 2.16. The lowest BCUT2D eigenvalue weighted by Crippen LogP contribution is -2.02. The first-order valence-corrected chi connectivity index (χ1v) is 4.88. The van der Waals surface area contributed by atoms with E-state index in [1.807, 2.05) is 19.9 Å². The van der Waals surface area contributed by atoms with E-state index in [4.69, 9.17) is 16.3 Å². The van der Waals surface area contributed by atoms with Gasteiger partial charge in [-0.2, -0.15) is 0 Å². The minimum absolute atomic E-state index is 0.541. The van der Waals surface area contributed by atoms with E-state index in [1.54, 1.807) is 14.0 Å². The summed E-state index contributed by atoms with van der Waals surface area (Å²) in [6, 6.07) is 1.85. The fraction of sp³-hybridized carbons (Fsp3) is 0.455. The zero-order valence-corrected chi connectivity index (χ0v) is 9.64. The molecule has 0 amide bonds. The summed E-state index contributed by atoms with van der Waals surface area (Å²) >= 11 is 6.01. The molecule has 1 rings (SSSR count). The lowest BCUT2D eigenvalue weighted by molar-refractivity contribution is 0.193. The van der Waals surface area contributed by atoms with Crippen molar-refractivity contribution < 1.29 is 9.84 Å². The summed E-state index contributed by atoms with van der Waals surface area (Å²) in [6.07, 6.45) is -0.541. The van der Waals surface area contributed by atoms with E-state index >= 15 is 0 Å². The van der Waals surface area contributed by atoms with Crippen molar-refractivity contribution >= 4 is 11.6 Å². The van der Waals surface area contributed by atoms with Crippen molar-refractivity contribution in [2.24, 2.45) is 0 Å². The van der Waals surface area contributed by atoms with Crippen LogP contribution in [0.25, 0.3) is 0 Å². The summed E-state index contributed by atoms with van der Waals surface area (Å²) in [4.78, 5) is 0. The van der Waals surface area contributed by atoms with Crippen LogP contribution in [0.4, 0.5) is 0 Å². The number of hydrogen-bond donors (Lipinski definition) is 1. The fourth-order valence-corrected chi connectivity index (χ4v) is 1.90. The summed E-state index contributed by atoms with van der Waals surface area (Å²) in [5.74, 6) is 0.685. The molecule has 0 aliphatic carbocycles. The van der Waals surface area contributed by atoms with Crippen LogP contribution < -0.4 is 4.74 Å². The highest BCUT2D eigenvalue weighted by molar-refractivity contribution is 6.31. The van der Waals surface area contributed by atoms with Crippen molar-refractivity contribution in [2.75, 3.05) is 7.11 Å². The molecule has 0 aliphatic heterocycles. The zero-order valence-electron chi connectivity index (χ0n) is 8.89. The maximum Gasteiger partial charge on any atom is 0.129 e. The summed E-state index contributed by atoms with van der Waals surface area (Å²) < 4.78 is 5.25. The largest absolute Gasteiger partial charge is 0.496 e. The first-order chi connectivity index (χ1) is 6.49. The maximum atomic E-state index is 9.61.